The number of nitrogens with zero attached hydrogens (tertiary/aromatic N) is 3. The summed E-state index contributed by atoms with van der Waals surface area (Å²) < 4.78 is 7.15. The summed E-state index contributed by atoms with van der Waals surface area (Å²) >= 11 is 0. The lowest BCUT2D eigenvalue weighted by Crippen LogP contribution is -2.28. The Morgan fingerprint density at radius 1 is 1.00 bits per heavy atom. The zero-order valence-electron chi connectivity index (χ0n) is 18.8. The van der Waals surface area contributed by atoms with Gasteiger partial charge in [0.05, 0.1) is 19.2 Å². The van der Waals surface area contributed by atoms with Crippen LogP contribution >= 0.6 is 0 Å². The van der Waals surface area contributed by atoms with E-state index in [1.807, 2.05) is 65.3 Å². The van der Waals surface area contributed by atoms with E-state index in [9.17, 15) is 4.79 Å². The van der Waals surface area contributed by atoms with Crippen molar-refractivity contribution in [2.75, 3.05) is 17.7 Å². The van der Waals surface area contributed by atoms with Gasteiger partial charge < -0.3 is 10.1 Å². The molecule has 0 fully saturated rings. The summed E-state index contributed by atoms with van der Waals surface area (Å²) in [5.41, 5.74) is 3.21. The van der Waals surface area contributed by atoms with Gasteiger partial charge in [-0.15, -0.1) is 5.10 Å². The van der Waals surface area contributed by atoms with Gasteiger partial charge in [-0.25, -0.2) is 4.68 Å². The normalized spacial score (nSPS) is 17.1. The monoisotopic (exact) mass is 451 g/mol. The lowest BCUT2D eigenvalue weighted by Gasteiger charge is -2.31. The standard InChI is InChI=1S/C27H25N5O2/c1-34-22-15-13-20(14-16-22)23-18-24(21-10-6-3-7-11-21)32-27(28-23)30-26(31-32)29-25(33)17-12-19-8-4-2-5-9-19/h2-17,23-24H,18H2,1H3,(H2,28,29,30,31,33)/b17-12+/t23-,24-/m1/s1. The number of carbonyl (C=O) groups excluding carboxylic acids is 1. The molecule has 170 valence electrons. The van der Waals surface area contributed by atoms with Gasteiger partial charge in [-0.3, -0.25) is 10.1 Å². The second-order valence-corrected chi connectivity index (χ2v) is 8.07. The molecule has 0 aliphatic carbocycles. The second kappa shape index (κ2) is 9.62. The summed E-state index contributed by atoms with van der Waals surface area (Å²) in [6.45, 7) is 0. The van der Waals surface area contributed by atoms with Crippen molar-refractivity contribution in [1.82, 2.24) is 14.8 Å². The van der Waals surface area contributed by atoms with Gasteiger partial charge in [-0.05, 0) is 41.3 Å². The Kier molecular flexibility index (Phi) is 6.07. The average Bonchev–Trinajstić information content (AvgIpc) is 3.30. The molecular weight excluding hydrogens is 426 g/mol. The Morgan fingerprint density at radius 3 is 2.41 bits per heavy atom. The molecule has 0 bridgehead atoms. The molecule has 1 aromatic heterocycles. The molecule has 2 N–H and O–H groups in total. The lowest BCUT2D eigenvalue weighted by molar-refractivity contribution is -0.111. The molecular formula is C27H25N5O2. The maximum Gasteiger partial charge on any atom is 0.250 e. The molecule has 2 atom stereocenters. The molecule has 1 aliphatic rings. The molecule has 1 aliphatic heterocycles. The Bertz CT molecular complexity index is 1280. The highest BCUT2D eigenvalue weighted by Gasteiger charge is 2.31. The molecule has 2 heterocycles. The van der Waals surface area contributed by atoms with Crippen molar-refractivity contribution in [3.63, 3.8) is 0 Å². The Hall–Kier alpha value is -4.39. The third-order valence-corrected chi connectivity index (χ3v) is 5.85. The van der Waals surface area contributed by atoms with Crippen molar-refractivity contribution in [3.8, 4) is 5.75 Å². The Labute approximate surface area is 198 Å². The number of hydrogen-bond donors (Lipinski definition) is 2. The van der Waals surface area contributed by atoms with Crippen LogP contribution in [0.3, 0.4) is 0 Å². The number of aromatic nitrogens is 3. The van der Waals surface area contributed by atoms with Crippen LogP contribution in [0, 0.1) is 0 Å². The minimum atomic E-state index is -0.283. The van der Waals surface area contributed by atoms with Crippen molar-refractivity contribution < 1.29 is 9.53 Å². The van der Waals surface area contributed by atoms with Crippen LogP contribution in [0.1, 0.15) is 35.2 Å². The van der Waals surface area contributed by atoms with Crippen LogP contribution in [0.15, 0.2) is 91.0 Å². The van der Waals surface area contributed by atoms with Crippen molar-refractivity contribution in [3.05, 3.63) is 108 Å². The SMILES string of the molecule is COc1ccc([C@H]2C[C@H](c3ccccc3)n3nc(NC(=O)/C=C/c4ccccc4)nc3N2)cc1. The summed E-state index contributed by atoms with van der Waals surface area (Å²) in [7, 11) is 1.66. The number of nitrogens with one attached hydrogen (secondary N) is 2. The molecule has 5 rings (SSSR count). The molecule has 3 aromatic carbocycles. The van der Waals surface area contributed by atoms with E-state index in [2.05, 4.69) is 45.0 Å². The number of ether oxygens (including phenoxy) is 1. The quantitative estimate of drug-likeness (QED) is 0.399. The number of anilines is 2. The van der Waals surface area contributed by atoms with E-state index in [0.717, 1.165) is 28.9 Å². The van der Waals surface area contributed by atoms with Crippen LogP contribution in [0.2, 0.25) is 0 Å². The van der Waals surface area contributed by atoms with Gasteiger partial charge in [0.15, 0.2) is 0 Å². The predicted octanol–water partition coefficient (Wildman–Crippen LogP) is 5.08. The largest absolute Gasteiger partial charge is 0.497 e. The van der Waals surface area contributed by atoms with Crippen LogP contribution in [-0.4, -0.2) is 27.8 Å². The average molecular weight is 452 g/mol. The molecule has 0 saturated heterocycles. The van der Waals surface area contributed by atoms with Crippen LogP contribution in [0.25, 0.3) is 6.08 Å². The number of fused-ring (bicyclic) bond motifs is 1. The van der Waals surface area contributed by atoms with Gasteiger partial charge >= 0.3 is 0 Å². The number of benzene rings is 3. The molecule has 0 spiro atoms. The van der Waals surface area contributed by atoms with E-state index in [0.29, 0.717) is 5.95 Å². The summed E-state index contributed by atoms with van der Waals surface area (Å²) in [6, 6.07) is 27.9. The molecule has 0 saturated carbocycles. The zero-order valence-corrected chi connectivity index (χ0v) is 18.8. The van der Waals surface area contributed by atoms with Crippen LogP contribution in [0.4, 0.5) is 11.9 Å². The van der Waals surface area contributed by atoms with E-state index in [4.69, 9.17) is 4.74 Å². The molecule has 1 amide bonds. The molecule has 7 nitrogen and oxygen atoms in total. The fourth-order valence-electron chi connectivity index (χ4n) is 4.13. The molecule has 34 heavy (non-hydrogen) atoms. The topological polar surface area (TPSA) is 81.1 Å². The summed E-state index contributed by atoms with van der Waals surface area (Å²) in [6.07, 6.45) is 4.03. The Morgan fingerprint density at radius 2 is 1.71 bits per heavy atom. The highest BCUT2D eigenvalue weighted by molar-refractivity contribution is 6.00. The van der Waals surface area contributed by atoms with Gasteiger partial charge in [0.25, 0.3) is 11.9 Å². The number of hydrogen-bond acceptors (Lipinski definition) is 5. The van der Waals surface area contributed by atoms with Crippen molar-refractivity contribution in [2.45, 2.75) is 18.5 Å². The summed E-state index contributed by atoms with van der Waals surface area (Å²) in [4.78, 5) is 17.1. The van der Waals surface area contributed by atoms with Crippen LogP contribution in [0.5, 0.6) is 5.75 Å². The van der Waals surface area contributed by atoms with Crippen LogP contribution < -0.4 is 15.4 Å². The van der Waals surface area contributed by atoms with Gasteiger partial charge in [-0.1, -0.05) is 72.8 Å². The van der Waals surface area contributed by atoms with Gasteiger partial charge in [0.1, 0.15) is 5.75 Å². The number of methoxy groups -OCH3 is 1. The van der Waals surface area contributed by atoms with Gasteiger partial charge in [-0.2, -0.15) is 4.98 Å². The smallest absolute Gasteiger partial charge is 0.250 e. The maximum atomic E-state index is 12.5. The maximum absolute atomic E-state index is 12.5. The van der Waals surface area contributed by atoms with E-state index in [1.54, 1.807) is 13.2 Å². The number of amides is 1. The predicted molar refractivity (Wildman–Crippen MR) is 133 cm³/mol. The zero-order chi connectivity index (χ0) is 23.3. The van der Waals surface area contributed by atoms with Gasteiger partial charge in [0.2, 0.25) is 5.95 Å². The summed E-state index contributed by atoms with van der Waals surface area (Å²) in [5, 5.41) is 10.9. The Balaban J connectivity index is 1.40. The van der Waals surface area contributed by atoms with E-state index in [1.165, 1.54) is 6.08 Å². The lowest BCUT2D eigenvalue weighted by atomic mass is 9.93. The van der Waals surface area contributed by atoms with E-state index in [-0.39, 0.29) is 23.9 Å². The highest BCUT2D eigenvalue weighted by Crippen LogP contribution is 2.38. The third-order valence-electron chi connectivity index (χ3n) is 5.85. The fourth-order valence-corrected chi connectivity index (χ4v) is 4.13. The minimum Gasteiger partial charge on any atom is -0.497 e. The molecule has 0 radical (unpaired) electrons. The minimum absolute atomic E-state index is 0.0254. The first-order valence-electron chi connectivity index (χ1n) is 11.2. The number of rotatable bonds is 6. The first-order valence-corrected chi connectivity index (χ1v) is 11.2. The second-order valence-electron chi connectivity index (χ2n) is 8.07. The van der Waals surface area contributed by atoms with Crippen molar-refractivity contribution >= 4 is 23.9 Å². The number of carbonyl (C=O) groups is 1. The third kappa shape index (κ3) is 4.68. The van der Waals surface area contributed by atoms with Crippen LogP contribution in [-0.2, 0) is 4.79 Å². The first-order chi connectivity index (χ1) is 16.7. The van der Waals surface area contributed by atoms with E-state index >= 15 is 0 Å². The first kappa shape index (κ1) is 21.5. The fraction of sp³-hybridized carbons (Fsp3) is 0.148. The highest BCUT2D eigenvalue weighted by atomic mass is 16.5. The summed E-state index contributed by atoms with van der Waals surface area (Å²) in [5.74, 6) is 1.41. The molecule has 7 heteroatoms. The van der Waals surface area contributed by atoms with Gasteiger partial charge in [0, 0.05) is 6.08 Å². The van der Waals surface area contributed by atoms with E-state index < -0.39 is 0 Å². The van der Waals surface area contributed by atoms with Crippen molar-refractivity contribution in [1.29, 1.82) is 0 Å². The van der Waals surface area contributed by atoms with Crippen molar-refractivity contribution in [2.24, 2.45) is 0 Å². The molecule has 0 unspecified atom stereocenters. The molecule has 4 aromatic rings.